The first-order valence-electron chi connectivity index (χ1n) is 7.55. The summed E-state index contributed by atoms with van der Waals surface area (Å²) in [7, 11) is -0.841. The van der Waals surface area contributed by atoms with E-state index in [2.05, 4.69) is 9.37 Å². The second-order valence-electron chi connectivity index (χ2n) is 5.72. The molecule has 14 heteroatoms. The van der Waals surface area contributed by atoms with E-state index in [0.717, 1.165) is 0 Å². The quantitative estimate of drug-likeness (QED) is 0.0475. The summed E-state index contributed by atoms with van der Waals surface area (Å²) in [5, 5.41) is 88.2. The van der Waals surface area contributed by atoms with E-state index in [-0.39, 0.29) is 23.8 Å². The largest absolute Gasteiger partial charge is 0.394 e. The van der Waals surface area contributed by atoms with E-state index in [1.807, 2.05) is 0 Å². The van der Waals surface area contributed by atoms with Gasteiger partial charge in [0.05, 0.1) is 13.2 Å². The van der Waals surface area contributed by atoms with Crippen molar-refractivity contribution in [3.05, 3.63) is 0 Å². The van der Waals surface area contributed by atoms with E-state index in [4.69, 9.17) is 14.5 Å². The topological polar surface area (TPSA) is 210 Å². The minimum absolute atomic E-state index is 0.0278. The van der Waals surface area contributed by atoms with Crippen LogP contribution in [-0.4, -0.2) is 119 Å². The maximum atomic E-state index is 10.4. The van der Waals surface area contributed by atoms with Gasteiger partial charge in [0.15, 0.2) is 17.6 Å². The van der Waals surface area contributed by atoms with Gasteiger partial charge >= 0.3 is 0 Å². The number of hydrogen-bond donors (Lipinski definition) is 9. The van der Waals surface area contributed by atoms with E-state index in [9.17, 15) is 35.7 Å². The van der Waals surface area contributed by atoms with Crippen molar-refractivity contribution in [3.63, 3.8) is 0 Å². The van der Waals surface area contributed by atoms with Crippen LogP contribution in [-0.2, 0) is 24.5 Å². The van der Waals surface area contributed by atoms with Crippen LogP contribution in [0, 0.1) is 0 Å². The monoisotopic (exact) mass is 425 g/mol. The summed E-state index contributed by atoms with van der Waals surface area (Å²) in [4.78, 5) is 0. The molecule has 0 spiro atoms. The smallest absolute Gasteiger partial charge is 0.198 e. The molecule has 1 heterocycles. The van der Waals surface area contributed by atoms with Crippen molar-refractivity contribution in [1.29, 1.82) is 0 Å². The van der Waals surface area contributed by atoms with Crippen LogP contribution < -0.4 is 0 Å². The number of aliphatic hydroxyl groups is 8. The maximum absolute atomic E-state index is 10.4. The summed E-state index contributed by atoms with van der Waals surface area (Å²) >= 11 is 0.0278. The molecule has 9 N–H and O–H groups in total. The van der Waals surface area contributed by atoms with Crippen LogP contribution >= 0.6 is 12.3 Å². The lowest BCUT2D eigenvalue weighted by Crippen LogP contribution is -2.52. The molecule has 12 nitrogen and oxygen atoms in total. The van der Waals surface area contributed by atoms with Gasteiger partial charge in [0.1, 0.15) is 54.2 Å². The Morgan fingerprint density at radius 1 is 1.04 bits per heavy atom. The second-order valence-corrected chi connectivity index (χ2v) is 8.53. The first-order valence-corrected chi connectivity index (χ1v) is 9.84. The van der Waals surface area contributed by atoms with E-state index < -0.39 is 72.1 Å². The van der Waals surface area contributed by atoms with Crippen LogP contribution in [0.1, 0.15) is 0 Å². The predicted molar refractivity (Wildman–Crippen MR) is 88.4 cm³/mol. The fourth-order valence-corrected chi connectivity index (χ4v) is 5.63. The molecule has 1 aliphatic rings. The third-order valence-electron chi connectivity index (χ3n) is 4.01. The minimum atomic E-state index is -1.88. The molecule has 0 aromatic heterocycles. The SMILES string of the molecule is OCC(O)C(O)C(O)C(OSOOO)C(O)C[S+]1CC(O)C(O)C1CO. The fraction of sp³-hybridized carbons (Fsp3) is 1.00. The lowest BCUT2D eigenvalue weighted by atomic mass is 10.0. The van der Waals surface area contributed by atoms with Gasteiger partial charge in [-0.2, -0.15) is 0 Å². The first kappa shape index (κ1) is 24.3. The fourth-order valence-electron chi connectivity index (χ4n) is 2.56. The highest BCUT2D eigenvalue weighted by atomic mass is 32.2. The molecule has 0 aliphatic carbocycles. The lowest BCUT2D eigenvalue weighted by Gasteiger charge is -2.30. The van der Waals surface area contributed by atoms with Crippen LogP contribution in [0.25, 0.3) is 0 Å². The molecule has 0 aromatic rings. The van der Waals surface area contributed by atoms with Gasteiger partial charge < -0.3 is 40.9 Å². The highest BCUT2D eigenvalue weighted by Gasteiger charge is 2.51. The van der Waals surface area contributed by atoms with Crippen LogP contribution in [0.3, 0.4) is 0 Å². The van der Waals surface area contributed by atoms with Gasteiger partial charge in [0.25, 0.3) is 0 Å². The molecule has 0 bridgehead atoms. The van der Waals surface area contributed by atoms with Gasteiger partial charge in [-0.3, -0.25) is 4.18 Å². The van der Waals surface area contributed by atoms with Crippen molar-refractivity contribution in [3.8, 4) is 0 Å². The summed E-state index contributed by atoms with van der Waals surface area (Å²) in [5.41, 5.74) is 0. The van der Waals surface area contributed by atoms with Crippen molar-refractivity contribution in [1.82, 2.24) is 0 Å². The highest BCUT2D eigenvalue weighted by molar-refractivity contribution is 7.97. The first-order chi connectivity index (χ1) is 12.3. The van der Waals surface area contributed by atoms with Gasteiger partial charge in [-0.05, 0) is 0 Å². The number of hydrogen-bond acceptors (Lipinski definition) is 13. The van der Waals surface area contributed by atoms with E-state index in [0.29, 0.717) is 0 Å². The maximum Gasteiger partial charge on any atom is 0.198 e. The minimum Gasteiger partial charge on any atom is -0.394 e. The third-order valence-corrected chi connectivity index (χ3v) is 7.25. The Bertz CT molecular complexity index is 393. The zero-order valence-electron chi connectivity index (χ0n) is 13.5. The number of rotatable bonds is 12. The molecule has 1 aliphatic heterocycles. The third kappa shape index (κ3) is 6.39. The van der Waals surface area contributed by atoms with Gasteiger partial charge in [-0.1, -0.05) is 5.04 Å². The van der Waals surface area contributed by atoms with Gasteiger partial charge in [0.2, 0.25) is 0 Å². The summed E-state index contributed by atoms with van der Waals surface area (Å²) < 4.78 is 8.92. The Balaban J connectivity index is 2.81. The van der Waals surface area contributed by atoms with Crippen molar-refractivity contribution >= 4 is 23.2 Å². The molecule has 9 atom stereocenters. The molecular formula is C12H25O12S2+. The van der Waals surface area contributed by atoms with Gasteiger partial charge in [0, 0.05) is 10.9 Å². The van der Waals surface area contributed by atoms with Gasteiger partial charge in [-0.25, -0.2) is 5.26 Å². The molecule has 0 saturated carbocycles. The molecule has 156 valence electrons. The molecule has 1 rings (SSSR count). The average Bonchev–Trinajstić information content (AvgIpc) is 2.89. The van der Waals surface area contributed by atoms with Crippen LogP contribution in [0.2, 0.25) is 0 Å². The van der Waals surface area contributed by atoms with Crippen molar-refractivity contribution in [2.24, 2.45) is 0 Å². The van der Waals surface area contributed by atoms with Crippen molar-refractivity contribution in [2.75, 3.05) is 24.7 Å². The zero-order chi connectivity index (χ0) is 19.9. The Labute approximate surface area is 156 Å². The number of aliphatic hydroxyl groups excluding tert-OH is 8. The lowest BCUT2D eigenvalue weighted by molar-refractivity contribution is -0.434. The Morgan fingerprint density at radius 3 is 2.23 bits per heavy atom. The molecular weight excluding hydrogens is 400 g/mol. The van der Waals surface area contributed by atoms with Crippen LogP contribution in [0.4, 0.5) is 0 Å². The average molecular weight is 425 g/mol. The predicted octanol–water partition coefficient (Wildman–Crippen LogP) is -4.49. The Kier molecular flexibility index (Phi) is 11.1. The summed E-state index contributed by atoms with van der Waals surface area (Å²) in [6.45, 7) is -1.29. The molecule has 1 fully saturated rings. The summed E-state index contributed by atoms with van der Waals surface area (Å²) in [6.07, 6.45) is -10.8. The normalized spacial score (nSPS) is 32.2. The Hall–Kier alpha value is 0.220. The highest BCUT2D eigenvalue weighted by Crippen LogP contribution is 2.27. The van der Waals surface area contributed by atoms with Crippen LogP contribution in [0.5, 0.6) is 0 Å². The van der Waals surface area contributed by atoms with Crippen LogP contribution in [0.15, 0.2) is 0 Å². The molecule has 9 unspecified atom stereocenters. The molecule has 0 aromatic carbocycles. The Morgan fingerprint density at radius 2 is 1.69 bits per heavy atom. The molecule has 26 heavy (non-hydrogen) atoms. The van der Waals surface area contributed by atoms with E-state index in [1.165, 1.54) is 0 Å². The molecule has 0 amide bonds. The van der Waals surface area contributed by atoms with E-state index >= 15 is 0 Å². The zero-order valence-corrected chi connectivity index (χ0v) is 15.1. The molecule has 1 saturated heterocycles. The summed E-state index contributed by atoms with van der Waals surface area (Å²) in [5.74, 6) is -0.0129. The van der Waals surface area contributed by atoms with Crippen molar-refractivity contribution < 1.29 is 59.7 Å². The van der Waals surface area contributed by atoms with E-state index in [1.54, 1.807) is 0 Å². The van der Waals surface area contributed by atoms with Crippen molar-refractivity contribution in [2.45, 2.75) is 48.0 Å². The standard InChI is InChI=1S/C12H24O12S2/c13-1-5(15)10(19)11(20)12(22-25-24-23-21)7(17)4-26-3-6(16)9(18)8(26)2-14/h5-20H,1-4H2/p+1. The second kappa shape index (κ2) is 11.9. The molecule has 0 radical (unpaired) electrons. The van der Waals surface area contributed by atoms with Gasteiger partial charge in [-0.15, -0.1) is 4.33 Å². The summed E-state index contributed by atoms with van der Waals surface area (Å²) in [6, 6.07) is 0.